The molecule has 1 amide bonds. The van der Waals surface area contributed by atoms with Crippen LogP contribution in [0.1, 0.15) is 21.5 Å². The summed E-state index contributed by atoms with van der Waals surface area (Å²) in [5.41, 5.74) is 3.56. The van der Waals surface area contributed by atoms with Crippen LogP contribution in [-0.2, 0) is 4.79 Å². The molecule has 0 heterocycles. The second-order valence-corrected chi connectivity index (χ2v) is 5.33. The van der Waals surface area contributed by atoms with Gasteiger partial charge in [-0.15, -0.1) is 0 Å². The third-order valence-corrected chi connectivity index (χ3v) is 3.57. The number of hydrogen-bond acceptors (Lipinski definition) is 3. The normalized spacial score (nSPS) is 11.0. The lowest BCUT2D eigenvalue weighted by molar-refractivity contribution is -0.115. The minimum Gasteiger partial charge on any atom is -0.378 e. The second kappa shape index (κ2) is 7.40. The summed E-state index contributed by atoms with van der Waals surface area (Å²) in [6.45, 7) is 0. The molecule has 4 nitrogen and oxygen atoms in total. The van der Waals surface area contributed by atoms with Crippen molar-refractivity contribution in [1.29, 1.82) is 0 Å². The highest BCUT2D eigenvalue weighted by atomic mass is 16.1. The monoisotopic (exact) mass is 308 g/mol. The number of carbonyl (C=O) groups is 2. The zero-order valence-electron chi connectivity index (χ0n) is 13.5. The largest absolute Gasteiger partial charge is 0.378 e. The Kier molecular flexibility index (Phi) is 5.31. The molecule has 2 rings (SSSR count). The first kappa shape index (κ1) is 16.5. The molecular formula is C19H20N2O2. The minimum absolute atomic E-state index is 0.226. The molecule has 0 spiro atoms. The van der Waals surface area contributed by atoms with Gasteiger partial charge in [-0.1, -0.05) is 36.4 Å². The molecular weight excluding hydrogens is 288 g/mol. The van der Waals surface area contributed by atoms with E-state index >= 15 is 0 Å². The van der Waals surface area contributed by atoms with Crippen LogP contribution in [0.5, 0.6) is 0 Å². The number of nitrogens with zero attached hydrogens (tertiary/aromatic N) is 1. The van der Waals surface area contributed by atoms with Crippen molar-refractivity contribution in [1.82, 2.24) is 5.32 Å². The number of likely N-dealkylation sites (N-methyl/N-ethyl adjacent to an activating group) is 1. The minimum atomic E-state index is -0.226. The molecule has 0 aliphatic rings. The van der Waals surface area contributed by atoms with Gasteiger partial charge >= 0.3 is 0 Å². The fraction of sp³-hybridized carbons (Fsp3) is 0.158. The highest BCUT2D eigenvalue weighted by Crippen LogP contribution is 2.22. The highest BCUT2D eigenvalue weighted by molar-refractivity contribution is 6.25. The average molecular weight is 308 g/mol. The number of carbonyl (C=O) groups excluding carboxylic acids is 2. The van der Waals surface area contributed by atoms with Gasteiger partial charge in [-0.05, 0) is 29.3 Å². The van der Waals surface area contributed by atoms with Crippen molar-refractivity contribution in [3.8, 4) is 0 Å². The number of rotatable bonds is 5. The molecule has 4 heteroatoms. The molecule has 0 radical (unpaired) electrons. The first-order valence-electron chi connectivity index (χ1n) is 7.32. The summed E-state index contributed by atoms with van der Waals surface area (Å²) in [6, 6.07) is 14.9. The van der Waals surface area contributed by atoms with Crippen molar-refractivity contribution in [3.63, 3.8) is 0 Å². The van der Waals surface area contributed by atoms with Gasteiger partial charge in [0, 0.05) is 38.0 Å². The maximum atomic E-state index is 12.3. The van der Waals surface area contributed by atoms with Crippen molar-refractivity contribution >= 4 is 29.5 Å². The van der Waals surface area contributed by atoms with Crippen LogP contribution in [0.15, 0.2) is 48.5 Å². The molecule has 23 heavy (non-hydrogen) atoms. The van der Waals surface area contributed by atoms with E-state index in [1.165, 1.54) is 0 Å². The Morgan fingerprint density at radius 2 is 1.70 bits per heavy atom. The predicted molar refractivity (Wildman–Crippen MR) is 94.5 cm³/mol. The summed E-state index contributed by atoms with van der Waals surface area (Å²) in [7, 11) is 5.52. The van der Waals surface area contributed by atoms with E-state index in [0.29, 0.717) is 16.7 Å². The number of hydrogen-bond donors (Lipinski definition) is 1. The predicted octanol–water partition coefficient (Wildman–Crippen LogP) is 2.85. The molecule has 0 bridgehead atoms. The lowest BCUT2D eigenvalue weighted by Gasteiger charge is -2.13. The Hall–Kier alpha value is -2.88. The summed E-state index contributed by atoms with van der Waals surface area (Å²) in [5, 5.41) is 2.63. The van der Waals surface area contributed by atoms with Crippen LogP contribution in [0.25, 0.3) is 11.6 Å². The Morgan fingerprint density at radius 1 is 1.04 bits per heavy atom. The molecule has 118 valence electrons. The Bertz CT molecular complexity index is 731. The lowest BCUT2D eigenvalue weighted by atomic mass is 9.97. The van der Waals surface area contributed by atoms with E-state index in [9.17, 15) is 9.59 Å². The van der Waals surface area contributed by atoms with Crippen LogP contribution in [0.3, 0.4) is 0 Å². The van der Waals surface area contributed by atoms with Gasteiger partial charge in [0.2, 0.25) is 0 Å². The van der Waals surface area contributed by atoms with Crippen molar-refractivity contribution in [2.24, 2.45) is 0 Å². The molecule has 0 aliphatic carbocycles. The quantitative estimate of drug-likeness (QED) is 0.525. The number of anilines is 1. The van der Waals surface area contributed by atoms with E-state index in [-0.39, 0.29) is 5.91 Å². The number of nitrogens with one attached hydrogen (secondary N) is 1. The fourth-order valence-electron chi connectivity index (χ4n) is 2.28. The molecule has 0 aromatic heterocycles. The molecule has 0 saturated carbocycles. The van der Waals surface area contributed by atoms with Crippen LogP contribution < -0.4 is 10.2 Å². The number of amides is 1. The van der Waals surface area contributed by atoms with Gasteiger partial charge in [-0.3, -0.25) is 9.59 Å². The van der Waals surface area contributed by atoms with Crippen LogP contribution in [-0.4, -0.2) is 33.3 Å². The summed E-state index contributed by atoms with van der Waals surface area (Å²) < 4.78 is 0. The molecule has 0 fully saturated rings. The average Bonchev–Trinajstić information content (AvgIpc) is 2.59. The smallest absolute Gasteiger partial charge is 0.251 e. The van der Waals surface area contributed by atoms with Gasteiger partial charge in [0.15, 0.2) is 6.29 Å². The lowest BCUT2D eigenvalue weighted by Crippen LogP contribution is -2.19. The molecule has 1 N–H and O–H groups in total. The van der Waals surface area contributed by atoms with Crippen molar-refractivity contribution in [3.05, 3.63) is 65.2 Å². The Balaban J connectivity index is 2.50. The highest BCUT2D eigenvalue weighted by Gasteiger charge is 2.14. The van der Waals surface area contributed by atoms with Gasteiger partial charge in [0.25, 0.3) is 5.91 Å². The van der Waals surface area contributed by atoms with E-state index in [4.69, 9.17) is 0 Å². The molecule has 2 aromatic rings. The van der Waals surface area contributed by atoms with Gasteiger partial charge in [-0.25, -0.2) is 0 Å². The van der Waals surface area contributed by atoms with E-state index in [0.717, 1.165) is 17.5 Å². The van der Waals surface area contributed by atoms with E-state index in [1.807, 2.05) is 49.3 Å². The van der Waals surface area contributed by atoms with Gasteiger partial charge < -0.3 is 10.2 Å². The molecule has 2 aromatic carbocycles. The van der Waals surface area contributed by atoms with Crippen molar-refractivity contribution in [2.75, 3.05) is 26.0 Å². The zero-order valence-corrected chi connectivity index (χ0v) is 13.5. The summed E-state index contributed by atoms with van der Waals surface area (Å²) >= 11 is 0. The van der Waals surface area contributed by atoms with Crippen LogP contribution >= 0.6 is 0 Å². The maximum Gasteiger partial charge on any atom is 0.251 e. The van der Waals surface area contributed by atoms with Crippen LogP contribution in [0.4, 0.5) is 5.69 Å². The van der Waals surface area contributed by atoms with Gasteiger partial charge in [-0.2, -0.15) is 0 Å². The first-order chi connectivity index (χ1) is 11.1. The topological polar surface area (TPSA) is 49.4 Å². The SMILES string of the molecule is CNC(=O)/C(=C\c1ccc(N(C)C)cc1)c1ccccc1C=O. The first-order valence-corrected chi connectivity index (χ1v) is 7.32. The molecule has 0 unspecified atom stereocenters. The third-order valence-electron chi connectivity index (χ3n) is 3.57. The third kappa shape index (κ3) is 3.86. The van der Waals surface area contributed by atoms with Crippen molar-refractivity contribution < 1.29 is 9.59 Å². The number of aldehydes is 1. The standard InChI is InChI=1S/C19H20N2O2/c1-20-19(23)18(17-7-5-4-6-15(17)13-22)12-14-8-10-16(11-9-14)21(2)3/h4-13H,1-3H3,(H,20,23)/b18-12-. The van der Waals surface area contributed by atoms with Gasteiger partial charge in [0.05, 0.1) is 0 Å². The van der Waals surface area contributed by atoms with Crippen LogP contribution in [0.2, 0.25) is 0 Å². The summed E-state index contributed by atoms with van der Waals surface area (Å²) in [4.78, 5) is 25.5. The van der Waals surface area contributed by atoms with E-state index in [2.05, 4.69) is 5.32 Å². The number of benzene rings is 2. The van der Waals surface area contributed by atoms with Crippen LogP contribution in [0, 0.1) is 0 Å². The Labute approximate surface area is 136 Å². The Morgan fingerprint density at radius 3 is 2.26 bits per heavy atom. The van der Waals surface area contributed by atoms with Gasteiger partial charge in [0.1, 0.15) is 0 Å². The zero-order chi connectivity index (χ0) is 16.8. The van der Waals surface area contributed by atoms with Crippen molar-refractivity contribution in [2.45, 2.75) is 0 Å². The summed E-state index contributed by atoms with van der Waals surface area (Å²) in [6.07, 6.45) is 2.56. The van der Waals surface area contributed by atoms with E-state index in [1.54, 1.807) is 31.3 Å². The fourth-order valence-corrected chi connectivity index (χ4v) is 2.28. The molecule has 0 atom stereocenters. The van der Waals surface area contributed by atoms with E-state index < -0.39 is 0 Å². The second-order valence-electron chi connectivity index (χ2n) is 5.33. The maximum absolute atomic E-state index is 12.3. The summed E-state index contributed by atoms with van der Waals surface area (Å²) in [5.74, 6) is -0.226. The molecule has 0 saturated heterocycles. The molecule has 0 aliphatic heterocycles.